The van der Waals surface area contributed by atoms with Crippen LogP contribution < -0.4 is 0 Å². The van der Waals surface area contributed by atoms with E-state index in [1.165, 1.54) is 0 Å². The molecule has 0 heterocycles. The summed E-state index contributed by atoms with van der Waals surface area (Å²) in [6.45, 7) is 0. The maximum atomic E-state index is 9.27. The number of carboxylic acid groups (broad SMARTS) is 1. The summed E-state index contributed by atoms with van der Waals surface area (Å²) < 4.78 is 3.28. The zero-order valence-electron chi connectivity index (χ0n) is 3.94. The Kier molecular flexibility index (Phi) is 15.7. The van der Waals surface area contributed by atoms with E-state index in [9.17, 15) is 4.79 Å². The molecular formula is CH5BMgO5Zn. The second kappa shape index (κ2) is 8.64. The Labute approximate surface area is 80.5 Å². The van der Waals surface area contributed by atoms with Crippen LogP contribution in [0.5, 0.6) is 0 Å². The van der Waals surface area contributed by atoms with Crippen molar-refractivity contribution in [3.63, 3.8) is 0 Å². The fourth-order valence-electron chi connectivity index (χ4n) is 0.0902. The summed E-state index contributed by atoms with van der Waals surface area (Å²) in [4.78, 5) is 9.27. The molecule has 0 spiro atoms. The maximum absolute atomic E-state index is 9.27. The minimum atomic E-state index is -2.22. The van der Waals surface area contributed by atoms with Gasteiger partial charge in [0.15, 0.2) is 0 Å². The number of carbonyl (C=O) groups is 1. The molecule has 0 radical (unpaired) electrons. The molecule has 0 aromatic rings. The van der Waals surface area contributed by atoms with Crippen LogP contribution in [0.3, 0.4) is 0 Å². The SMILES string of the molecule is O=C(O)OB(O)O.[MgH2].[Zn]. The zero-order valence-corrected chi connectivity index (χ0v) is 6.91. The molecule has 0 fully saturated rings. The molecule has 0 bridgehead atoms. The Hall–Kier alpha value is 0.645. The second-order valence-electron chi connectivity index (χ2n) is 0.710. The van der Waals surface area contributed by atoms with Crippen molar-refractivity contribution in [3.05, 3.63) is 0 Å². The van der Waals surface area contributed by atoms with Gasteiger partial charge in [-0.1, -0.05) is 0 Å². The zero-order chi connectivity index (χ0) is 5.86. The minimum absolute atomic E-state index is 0. The quantitative estimate of drug-likeness (QED) is 0.413. The summed E-state index contributed by atoms with van der Waals surface area (Å²) in [7, 11) is -2.22. The van der Waals surface area contributed by atoms with Crippen LogP contribution in [-0.4, -0.2) is 51.7 Å². The molecule has 0 saturated carbocycles. The average Bonchev–Trinajstić information content (AvgIpc) is 1.27. The van der Waals surface area contributed by atoms with Crippen molar-refractivity contribution in [2.45, 2.75) is 0 Å². The molecule has 0 aromatic heterocycles. The molecule has 46 valence electrons. The van der Waals surface area contributed by atoms with E-state index in [4.69, 9.17) is 15.2 Å². The molecule has 0 unspecified atom stereocenters. The Morgan fingerprint density at radius 1 is 1.44 bits per heavy atom. The molecule has 3 N–H and O–H groups in total. The molecule has 0 aromatic carbocycles. The molecule has 0 aliphatic heterocycles. The van der Waals surface area contributed by atoms with Gasteiger partial charge in [-0.15, -0.1) is 0 Å². The topological polar surface area (TPSA) is 87.0 Å². The summed E-state index contributed by atoms with van der Waals surface area (Å²) in [6, 6.07) is 0. The van der Waals surface area contributed by atoms with Gasteiger partial charge in [0.05, 0.1) is 0 Å². The van der Waals surface area contributed by atoms with Gasteiger partial charge < -0.3 is 19.8 Å². The van der Waals surface area contributed by atoms with E-state index >= 15 is 0 Å². The minimum Gasteiger partial charge on any atom is -0.452 e. The van der Waals surface area contributed by atoms with Crippen LogP contribution in [0.15, 0.2) is 0 Å². The normalized spacial score (nSPS) is 6.00. The predicted molar refractivity (Wildman–Crippen MR) is 27.8 cm³/mol. The summed E-state index contributed by atoms with van der Waals surface area (Å²) in [5.74, 6) is 0. The van der Waals surface area contributed by atoms with Crippen molar-refractivity contribution in [3.8, 4) is 0 Å². The van der Waals surface area contributed by atoms with Crippen molar-refractivity contribution in [2.75, 3.05) is 0 Å². The monoisotopic (exact) mass is 196 g/mol. The molecule has 0 rings (SSSR count). The molecule has 9 heavy (non-hydrogen) atoms. The van der Waals surface area contributed by atoms with E-state index in [0.717, 1.165) is 0 Å². The molecule has 0 aliphatic rings. The van der Waals surface area contributed by atoms with Gasteiger partial charge >= 0.3 is 36.5 Å². The Morgan fingerprint density at radius 3 is 1.78 bits per heavy atom. The first-order valence-electron chi connectivity index (χ1n) is 1.38. The van der Waals surface area contributed by atoms with Crippen LogP contribution in [0.4, 0.5) is 4.79 Å². The van der Waals surface area contributed by atoms with Gasteiger partial charge in [0.1, 0.15) is 0 Å². The van der Waals surface area contributed by atoms with Crippen LogP contribution >= 0.6 is 0 Å². The van der Waals surface area contributed by atoms with E-state index in [1.54, 1.807) is 0 Å². The third kappa shape index (κ3) is 17.7. The second-order valence-corrected chi connectivity index (χ2v) is 0.710. The molecular weight excluding hydrogens is 193 g/mol. The number of hydrogen-bond acceptors (Lipinski definition) is 4. The van der Waals surface area contributed by atoms with E-state index < -0.39 is 13.5 Å². The van der Waals surface area contributed by atoms with Gasteiger partial charge in [0, 0.05) is 19.5 Å². The van der Waals surface area contributed by atoms with E-state index in [2.05, 4.69) is 4.65 Å². The average molecular weight is 198 g/mol. The van der Waals surface area contributed by atoms with Crippen molar-refractivity contribution >= 4 is 36.5 Å². The third-order valence-electron chi connectivity index (χ3n) is 0.206. The Balaban J connectivity index is -0.000000180. The molecule has 0 saturated heterocycles. The molecule has 5 nitrogen and oxygen atoms in total. The van der Waals surface area contributed by atoms with E-state index in [-0.39, 0.29) is 42.5 Å². The van der Waals surface area contributed by atoms with Crippen LogP contribution in [0.25, 0.3) is 0 Å². The molecule has 0 aliphatic carbocycles. The number of rotatable bonds is 1. The summed E-state index contributed by atoms with van der Waals surface area (Å²) in [5.41, 5.74) is 0. The maximum Gasteiger partial charge on any atom is 0.711 e. The largest absolute Gasteiger partial charge is 0.711 e. The van der Waals surface area contributed by atoms with Crippen LogP contribution in [0.2, 0.25) is 0 Å². The van der Waals surface area contributed by atoms with E-state index in [1.807, 2.05) is 0 Å². The Bertz CT molecular complexity index is 77.4. The van der Waals surface area contributed by atoms with Crippen LogP contribution in [0.1, 0.15) is 0 Å². The van der Waals surface area contributed by atoms with Crippen molar-refractivity contribution in [2.24, 2.45) is 0 Å². The van der Waals surface area contributed by atoms with Gasteiger partial charge in [-0.25, -0.2) is 4.79 Å². The summed E-state index contributed by atoms with van der Waals surface area (Å²) in [6.07, 6.45) is -1.71. The van der Waals surface area contributed by atoms with Crippen molar-refractivity contribution < 1.29 is 44.1 Å². The molecule has 0 amide bonds. The smallest absolute Gasteiger partial charge is 0.452 e. The fourth-order valence-corrected chi connectivity index (χ4v) is 0.0902. The number of hydrogen-bond donors (Lipinski definition) is 3. The van der Waals surface area contributed by atoms with Gasteiger partial charge in [-0.05, 0) is 0 Å². The van der Waals surface area contributed by atoms with Crippen LogP contribution in [-0.2, 0) is 24.1 Å². The first-order valence-corrected chi connectivity index (χ1v) is 1.38. The van der Waals surface area contributed by atoms with Crippen molar-refractivity contribution in [1.82, 2.24) is 0 Å². The first-order chi connectivity index (χ1) is 3.13. The van der Waals surface area contributed by atoms with Gasteiger partial charge in [-0.2, -0.15) is 0 Å². The van der Waals surface area contributed by atoms with Gasteiger partial charge in [-0.3, -0.25) is 0 Å². The summed E-state index contributed by atoms with van der Waals surface area (Å²) >= 11 is 0. The molecule has 8 heteroatoms. The van der Waals surface area contributed by atoms with Gasteiger partial charge in [0.2, 0.25) is 0 Å². The van der Waals surface area contributed by atoms with Crippen molar-refractivity contribution in [1.29, 1.82) is 0 Å². The standard InChI is InChI=1S/CH3BO5.Mg.Zn.2H/c3-1(4)7-2(5)6;;;;/h5-6H,(H,3,4);;;;. The first kappa shape index (κ1) is 16.3. The van der Waals surface area contributed by atoms with E-state index in [0.29, 0.717) is 0 Å². The fraction of sp³-hybridized carbons (Fsp3) is 0. The molecule has 0 atom stereocenters. The van der Waals surface area contributed by atoms with Gasteiger partial charge in [0.25, 0.3) is 0 Å². The summed E-state index contributed by atoms with van der Waals surface area (Å²) in [5, 5.41) is 22.9. The third-order valence-corrected chi connectivity index (χ3v) is 0.206. The van der Waals surface area contributed by atoms with Crippen LogP contribution in [0, 0.1) is 0 Å². The predicted octanol–water partition coefficient (Wildman–Crippen LogP) is -2.27. The Morgan fingerprint density at radius 2 is 1.78 bits per heavy atom.